The highest BCUT2D eigenvalue weighted by Crippen LogP contribution is 2.25. The molecule has 25 heavy (non-hydrogen) atoms. The van der Waals surface area contributed by atoms with E-state index in [0.717, 1.165) is 21.3 Å². The molecule has 0 bridgehead atoms. The predicted molar refractivity (Wildman–Crippen MR) is 101 cm³/mol. The van der Waals surface area contributed by atoms with Gasteiger partial charge in [0.2, 0.25) is 11.1 Å². The quantitative estimate of drug-likeness (QED) is 0.527. The molecule has 4 aromatic rings. The summed E-state index contributed by atoms with van der Waals surface area (Å²) in [4.78, 5) is 21.1. The van der Waals surface area contributed by atoms with Crippen LogP contribution in [0.25, 0.3) is 22.1 Å². The van der Waals surface area contributed by atoms with Gasteiger partial charge in [-0.15, -0.1) is 21.5 Å². The molecule has 1 aromatic carbocycles. The Morgan fingerprint density at radius 3 is 3.00 bits per heavy atom. The number of aromatic nitrogens is 4. The molecule has 0 saturated carbocycles. The van der Waals surface area contributed by atoms with E-state index in [4.69, 9.17) is 0 Å². The number of aromatic amines is 1. The number of rotatable bonds is 5. The summed E-state index contributed by atoms with van der Waals surface area (Å²) in [6, 6.07) is 11.9. The van der Waals surface area contributed by atoms with Crippen molar-refractivity contribution < 1.29 is 4.79 Å². The summed E-state index contributed by atoms with van der Waals surface area (Å²) < 4.78 is 0. The lowest BCUT2D eigenvalue weighted by Crippen LogP contribution is -2.30. The number of fused-ring (bicyclic) bond motifs is 3. The summed E-state index contributed by atoms with van der Waals surface area (Å²) >= 11 is 2.92. The van der Waals surface area contributed by atoms with Crippen LogP contribution in [0.2, 0.25) is 0 Å². The van der Waals surface area contributed by atoms with Gasteiger partial charge in [-0.1, -0.05) is 36.0 Å². The average molecular weight is 369 g/mol. The third kappa shape index (κ3) is 3.35. The lowest BCUT2D eigenvalue weighted by atomic mass is 10.2. The molecule has 2 N–H and O–H groups in total. The second-order valence-electron chi connectivity index (χ2n) is 5.52. The van der Waals surface area contributed by atoms with Crippen LogP contribution in [-0.4, -0.2) is 31.3 Å². The molecule has 1 amide bonds. The molecule has 0 aliphatic heterocycles. The van der Waals surface area contributed by atoms with Crippen LogP contribution in [0.1, 0.15) is 11.8 Å². The summed E-state index contributed by atoms with van der Waals surface area (Å²) in [5, 5.41) is 14.5. The van der Waals surface area contributed by atoms with Crippen molar-refractivity contribution in [2.75, 3.05) is 0 Å². The zero-order valence-electron chi connectivity index (χ0n) is 13.4. The Hall–Kier alpha value is -2.45. The van der Waals surface area contributed by atoms with Crippen LogP contribution in [0.5, 0.6) is 0 Å². The molecule has 0 aliphatic rings. The fourth-order valence-corrected chi connectivity index (χ4v) is 3.88. The van der Waals surface area contributed by atoms with Gasteiger partial charge in [0.15, 0.2) is 5.65 Å². The maximum absolute atomic E-state index is 12.2. The maximum atomic E-state index is 12.2. The van der Waals surface area contributed by atoms with E-state index >= 15 is 0 Å². The first kappa shape index (κ1) is 16.0. The molecule has 0 fully saturated rings. The van der Waals surface area contributed by atoms with Gasteiger partial charge in [0, 0.05) is 15.8 Å². The number of nitrogens with one attached hydrogen (secondary N) is 2. The molecule has 4 rings (SSSR count). The van der Waals surface area contributed by atoms with Gasteiger partial charge in [0.05, 0.1) is 11.8 Å². The summed E-state index contributed by atoms with van der Waals surface area (Å²) in [6.45, 7) is 2.38. The topological polar surface area (TPSA) is 83.6 Å². The van der Waals surface area contributed by atoms with Gasteiger partial charge in [0.1, 0.15) is 5.52 Å². The second-order valence-corrected chi connectivity index (χ2v) is 7.86. The number of thiophene rings is 1. The van der Waals surface area contributed by atoms with Crippen LogP contribution in [0.3, 0.4) is 0 Å². The minimum absolute atomic E-state index is 0.0428. The van der Waals surface area contributed by atoms with Crippen LogP contribution in [-0.2, 0) is 11.3 Å². The van der Waals surface area contributed by atoms with Gasteiger partial charge in [-0.3, -0.25) is 4.79 Å². The number of amides is 1. The first-order chi connectivity index (χ1) is 12.2. The van der Waals surface area contributed by atoms with Crippen molar-refractivity contribution in [1.29, 1.82) is 0 Å². The van der Waals surface area contributed by atoms with Gasteiger partial charge in [-0.25, -0.2) is 4.98 Å². The average Bonchev–Trinajstić information content (AvgIpc) is 3.26. The van der Waals surface area contributed by atoms with Crippen LogP contribution in [0.15, 0.2) is 46.9 Å². The third-order valence-electron chi connectivity index (χ3n) is 3.77. The molecular weight excluding hydrogens is 354 g/mol. The molecule has 0 spiro atoms. The number of carbonyl (C=O) groups is 1. The number of H-pyrrole nitrogens is 1. The summed E-state index contributed by atoms with van der Waals surface area (Å²) in [6.07, 6.45) is 0. The summed E-state index contributed by atoms with van der Waals surface area (Å²) in [7, 11) is 0. The van der Waals surface area contributed by atoms with Crippen molar-refractivity contribution in [3.05, 3.63) is 46.7 Å². The van der Waals surface area contributed by atoms with Crippen molar-refractivity contribution in [2.45, 2.75) is 23.9 Å². The normalized spacial score (nSPS) is 12.5. The second kappa shape index (κ2) is 6.81. The van der Waals surface area contributed by atoms with E-state index in [2.05, 4.69) is 25.5 Å². The lowest BCUT2D eigenvalue weighted by Gasteiger charge is -2.10. The number of hydrogen-bond acceptors (Lipinski definition) is 6. The Morgan fingerprint density at radius 1 is 1.28 bits per heavy atom. The molecule has 0 saturated heterocycles. The minimum atomic E-state index is -0.302. The van der Waals surface area contributed by atoms with Gasteiger partial charge in [-0.2, -0.15) is 0 Å². The monoisotopic (exact) mass is 369 g/mol. The fraction of sp³-hybridized carbons (Fsp3) is 0.176. The van der Waals surface area contributed by atoms with Crippen molar-refractivity contribution in [3.8, 4) is 0 Å². The van der Waals surface area contributed by atoms with Crippen molar-refractivity contribution in [2.24, 2.45) is 0 Å². The molecular formula is C17H15N5OS2. The fourth-order valence-electron chi connectivity index (χ4n) is 2.50. The standard InChI is InChI=1S/C17H15N5OS2/c1-10(16(23)18-9-11-5-4-8-24-11)25-17-20-15-14(21-22-17)12-6-2-3-7-13(12)19-15/h2-8,10H,9H2,1H3,(H,18,23)(H,19,20,22)/t10-/m1/s1. The third-order valence-corrected chi connectivity index (χ3v) is 5.60. The number of carbonyl (C=O) groups excluding carboxylic acids is 1. The zero-order chi connectivity index (χ0) is 17.2. The molecule has 3 heterocycles. The molecule has 0 aliphatic carbocycles. The molecule has 1 atom stereocenters. The van der Waals surface area contributed by atoms with Crippen LogP contribution < -0.4 is 5.32 Å². The van der Waals surface area contributed by atoms with Crippen molar-refractivity contribution in [3.63, 3.8) is 0 Å². The molecule has 0 unspecified atom stereocenters. The number of benzene rings is 1. The van der Waals surface area contributed by atoms with E-state index in [1.807, 2.05) is 48.7 Å². The van der Waals surface area contributed by atoms with Gasteiger partial charge < -0.3 is 10.3 Å². The highest BCUT2D eigenvalue weighted by Gasteiger charge is 2.17. The highest BCUT2D eigenvalue weighted by atomic mass is 32.2. The maximum Gasteiger partial charge on any atom is 0.233 e. The number of hydrogen-bond donors (Lipinski definition) is 2. The smallest absolute Gasteiger partial charge is 0.233 e. The molecule has 8 heteroatoms. The zero-order valence-corrected chi connectivity index (χ0v) is 15.0. The van der Waals surface area contributed by atoms with Crippen molar-refractivity contribution >= 4 is 51.1 Å². The molecule has 0 radical (unpaired) electrons. The Bertz CT molecular complexity index is 1030. The first-order valence-electron chi connectivity index (χ1n) is 7.78. The van der Waals surface area contributed by atoms with Crippen LogP contribution >= 0.6 is 23.1 Å². The SMILES string of the molecule is C[C@@H](Sc1nnc2c(n1)[nH]c1ccccc12)C(=O)NCc1cccs1. The lowest BCUT2D eigenvalue weighted by molar-refractivity contribution is -0.120. The molecule has 6 nitrogen and oxygen atoms in total. The van der Waals surface area contributed by atoms with E-state index < -0.39 is 0 Å². The van der Waals surface area contributed by atoms with E-state index in [-0.39, 0.29) is 11.2 Å². The van der Waals surface area contributed by atoms with E-state index in [0.29, 0.717) is 17.3 Å². The Kier molecular flexibility index (Phi) is 4.37. The molecule has 126 valence electrons. The number of para-hydroxylation sites is 1. The van der Waals surface area contributed by atoms with E-state index in [1.54, 1.807) is 11.3 Å². The van der Waals surface area contributed by atoms with Crippen LogP contribution in [0.4, 0.5) is 0 Å². The largest absolute Gasteiger partial charge is 0.350 e. The van der Waals surface area contributed by atoms with E-state index in [9.17, 15) is 4.79 Å². The highest BCUT2D eigenvalue weighted by molar-refractivity contribution is 8.00. The Balaban J connectivity index is 1.47. The van der Waals surface area contributed by atoms with Gasteiger partial charge in [-0.05, 0) is 24.4 Å². The van der Waals surface area contributed by atoms with Crippen molar-refractivity contribution in [1.82, 2.24) is 25.5 Å². The Morgan fingerprint density at radius 2 is 2.16 bits per heavy atom. The first-order valence-corrected chi connectivity index (χ1v) is 9.54. The number of nitrogens with zero attached hydrogens (tertiary/aromatic N) is 3. The number of thioether (sulfide) groups is 1. The van der Waals surface area contributed by atoms with Gasteiger partial charge >= 0.3 is 0 Å². The van der Waals surface area contributed by atoms with Gasteiger partial charge in [0.25, 0.3) is 0 Å². The minimum Gasteiger partial charge on any atom is -0.350 e. The summed E-state index contributed by atoms with van der Waals surface area (Å²) in [5.74, 6) is -0.0428. The predicted octanol–water partition coefficient (Wildman–Crippen LogP) is 3.36. The molecule has 3 aromatic heterocycles. The van der Waals surface area contributed by atoms with Crippen LogP contribution in [0, 0.1) is 0 Å². The van der Waals surface area contributed by atoms with E-state index in [1.165, 1.54) is 11.8 Å². The summed E-state index contributed by atoms with van der Waals surface area (Å²) in [5.41, 5.74) is 2.41. The Labute approximate surface area is 152 Å².